The van der Waals surface area contributed by atoms with Crippen LogP contribution < -0.4 is 14.7 Å². The summed E-state index contributed by atoms with van der Waals surface area (Å²) in [5.74, 6) is 0.545. The zero-order valence-corrected chi connectivity index (χ0v) is 27.5. The highest BCUT2D eigenvalue weighted by Gasteiger charge is 2.42. The van der Waals surface area contributed by atoms with E-state index in [0.717, 1.165) is 10.6 Å². The Morgan fingerprint density at radius 3 is 2.14 bits per heavy atom. The molecule has 1 heterocycles. The Balaban J connectivity index is 2.31. The number of sulfone groups is 1. The molecule has 0 atom stereocenters. The van der Waals surface area contributed by atoms with E-state index in [4.69, 9.17) is 4.43 Å². The highest BCUT2D eigenvalue weighted by atomic mass is 32.2. The minimum atomic E-state index is -3.67. The van der Waals surface area contributed by atoms with Crippen molar-refractivity contribution in [3.8, 4) is 5.75 Å². The zero-order valence-electron chi connectivity index (χ0n) is 23.8. The summed E-state index contributed by atoms with van der Waals surface area (Å²) in [5, 5.41) is 2.92. The Morgan fingerprint density at radius 2 is 1.59 bits per heavy atom. The van der Waals surface area contributed by atoms with Gasteiger partial charge in [0.2, 0.25) is 5.91 Å². The molecule has 1 amide bonds. The fourth-order valence-electron chi connectivity index (χ4n) is 3.46. The van der Waals surface area contributed by atoms with Crippen molar-refractivity contribution in [2.45, 2.75) is 93.4 Å². The fraction of sp³-hybridized carbons (Fsp3) is 0.519. The molecule has 0 saturated carbocycles. The number of fused-ring (bicyclic) bond motifs is 1. The van der Waals surface area contributed by atoms with Gasteiger partial charge in [-0.05, 0) is 41.4 Å². The molecule has 0 aliphatic carbocycles. The van der Waals surface area contributed by atoms with Gasteiger partial charge in [0.05, 0.1) is 27.8 Å². The second-order valence-electron chi connectivity index (χ2n) is 12.9. The van der Waals surface area contributed by atoms with Gasteiger partial charge in [0, 0.05) is 10.5 Å². The van der Waals surface area contributed by atoms with Crippen molar-refractivity contribution in [2.75, 3.05) is 16.1 Å². The number of hydrogen-bond acceptors (Lipinski definition) is 6. The standard InChI is InChI=1S/C27H42N2O4S2Si2/c1-26(2,3)36(7,8)29-21-16-22-25(34-17-23(30)28-22)20(24(21)33-37(9,10)27(4,5)6)18-35(31,32)19-14-12-11-13-15-19/h11-16,29H,17-18H2,1-10H3,(H,28,30). The van der Waals surface area contributed by atoms with Gasteiger partial charge in [-0.1, -0.05) is 72.8 Å². The summed E-state index contributed by atoms with van der Waals surface area (Å²) in [5.41, 5.74) is 2.02. The Morgan fingerprint density at radius 1 is 1.00 bits per heavy atom. The lowest BCUT2D eigenvalue weighted by Gasteiger charge is -2.41. The number of thioether (sulfide) groups is 1. The van der Waals surface area contributed by atoms with E-state index >= 15 is 0 Å². The molecule has 2 N–H and O–H groups in total. The Labute approximate surface area is 229 Å². The first-order valence-electron chi connectivity index (χ1n) is 12.6. The van der Waals surface area contributed by atoms with Crippen molar-refractivity contribution >= 4 is 55.4 Å². The summed E-state index contributed by atoms with van der Waals surface area (Å²) in [6.45, 7) is 22.1. The maximum Gasteiger partial charge on any atom is 0.250 e. The predicted octanol–water partition coefficient (Wildman–Crippen LogP) is 7.51. The molecule has 0 bridgehead atoms. The van der Waals surface area contributed by atoms with Crippen LogP contribution in [0.1, 0.15) is 47.1 Å². The molecular formula is C27H42N2O4S2Si2. The first-order valence-corrected chi connectivity index (χ1v) is 21.2. The van der Waals surface area contributed by atoms with Crippen molar-refractivity contribution in [1.29, 1.82) is 0 Å². The zero-order chi connectivity index (χ0) is 28.0. The second-order valence-corrected chi connectivity index (χ2v) is 25.6. The molecule has 0 spiro atoms. The smallest absolute Gasteiger partial charge is 0.250 e. The van der Waals surface area contributed by atoms with Crippen LogP contribution in [0.2, 0.25) is 36.3 Å². The van der Waals surface area contributed by atoms with Crippen LogP contribution in [0.5, 0.6) is 5.75 Å². The molecule has 2 aromatic rings. The van der Waals surface area contributed by atoms with Crippen molar-refractivity contribution in [3.63, 3.8) is 0 Å². The minimum absolute atomic E-state index is 0.0193. The molecular weight excluding hydrogens is 537 g/mol. The number of carbonyl (C=O) groups excluding carboxylic acids is 1. The van der Waals surface area contributed by atoms with E-state index in [1.165, 1.54) is 11.8 Å². The second kappa shape index (κ2) is 10.1. The first kappa shape index (κ1) is 29.8. The third kappa shape index (κ3) is 6.46. The Kier molecular flexibility index (Phi) is 8.12. The molecule has 6 nitrogen and oxygen atoms in total. The maximum atomic E-state index is 13.7. The Hall–Kier alpha value is -1.76. The molecule has 10 heteroatoms. The highest BCUT2D eigenvalue weighted by Crippen LogP contribution is 2.50. The van der Waals surface area contributed by atoms with Gasteiger partial charge in [-0.2, -0.15) is 0 Å². The summed E-state index contributed by atoms with van der Waals surface area (Å²) < 4.78 is 34.3. The van der Waals surface area contributed by atoms with Gasteiger partial charge in [0.1, 0.15) is 5.75 Å². The van der Waals surface area contributed by atoms with Gasteiger partial charge >= 0.3 is 0 Å². The van der Waals surface area contributed by atoms with Crippen molar-refractivity contribution in [1.82, 2.24) is 0 Å². The molecule has 37 heavy (non-hydrogen) atoms. The Bertz CT molecular complexity index is 1280. The molecule has 0 unspecified atom stereocenters. The number of nitrogens with one attached hydrogen (secondary N) is 2. The lowest BCUT2D eigenvalue weighted by atomic mass is 10.1. The molecule has 1 aliphatic heterocycles. The van der Waals surface area contributed by atoms with Gasteiger partial charge in [0.25, 0.3) is 8.32 Å². The summed E-state index contributed by atoms with van der Waals surface area (Å²) >= 11 is 1.38. The van der Waals surface area contributed by atoms with E-state index in [2.05, 4.69) is 78.0 Å². The normalized spacial score (nSPS) is 15.1. The van der Waals surface area contributed by atoms with Gasteiger partial charge < -0.3 is 14.7 Å². The molecule has 204 valence electrons. The molecule has 2 aromatic carbocycles. The third-order valence-electron chi connectivity index (χ3n) is 7.87. The van der Waals surface area contributed by atoms with Gasteiger partial charge in [0.15, 0.2) is 18.1 Å². The monoisotopic (exact) mass is 578 g/mol. The van der Waals surface area contributed by atoms with E-state index in [-0.39, 0.29) is 32.4 Å². The van der Waals surface area contributed by atoms with Gasteiger partial charge in [-0.25, -0.2) is 8.42 Å². The summed E-state index contributed by atoms with van der Waals surface area (Å²) in [6, 6.07) is 10.5. The largest absolute Gasteiger partial charge is 0.542 e. The molecule has 0 fully saturated rings. The lowest BCUT2D eigenvalue weighted by molar-refractivity contribution is -0.113. The molecule has 0 radical (unpaired) electrons. The topological polar surface area (TPSA) is 84.5 Å². The summed E-state index contributed by atoms with van der Waals surface area (Å²) in [7, 11) is -8.12. The quantitative estimate of drug-likeness (QED) is 0.331. The van der Waals surface area contributed by atoms with Crippen LogP contribution in [0.25, 0.3) is 0 Å². The highest BCUT2D eigenvalue weighted by molar-refractivity contribution is 8.00. The molecule has 0 saturated heterocycles. The maximum absolute atomic E-state index is 13.7. The van der Waals surface area contributed by atoms with Crippen LogP contribution in [0.15, 0.2) is 46.2 Å². The SMILES string of the molecule is CC(C)(C)[Si](C)(C)Nc1cc2c(c(CS(=O)(=O)c3ccccc3)c1O[Si](C)(C)C(C)(C)C)SCC(=O)N2. The lowest BCUT2D eigenvalue weighted by Crippen LogP contribution is -2.47. The summed E-state index contributed by atoms with van der Waals surface area (Å²) in [4.78, 5) is 17.2. The van der Waals surface area contributed by atoms with Crippen LogP contribution in [0.4, 0.5) is 11.4 Å². The first-order chi connectivity index (χ1) is 16.8. The van der Waals surface area contributed by atoms with E-state index < -0.39 is 26.4 Å². The van der Waals surface area contributed by atoms with Crippen molar-refractivity contribution < 1.29 is 17.6 Å². The van der Waals surface area contributed by atoms with Crippen LogP contribution in [-0.4, -0.2) is 36.6 Å². The van der Waals surface area contributed by atoms with E-state index in [9.17, 15) is 13.2 Å². The van der Waals surface area contributed by atoms with E-state index in [1.807, 2.05) is 12.1 Å². The molecule has 3 rings (SSSR count). The van der Waals surface area contributed by atoms with Crippen LogP contribution in [-0.2, 0) is 20.4 Å². The number of amides is 1. The number of benzene rings is 2. The van der Waals surface area contributed by atoms with E-state index in [1.54, 1.807) is 24.3 Å². The van der Waals surface area contributed by atoms with Crippen molar-refractivity contribution in [3.05, 3.63) is 42.0 Å². The number of carbonyl (C=O) groups is 1. The van der Waals surface area contributed by atoms with E-state index in [0.29, 0.717) is 17.0 Å². The number of hydrogen-bond donors (Lipinski definition) is 2. The fourth-order valence-corrected chi connectivity index (χ4v) is 8.18. The van der Waals surface area contributed by atoms with Gasteiger partial charge in [-0.3, -0.25) is 4.79 Å². The van der Waals surface area contributed by atoms with Crippen molar-refractivity contribution in [2.24, 2.45) is 0 Å². The third-order valence-corrected chi connectivity index (χ3v) is 19.7. The molecule has 1 aliphatic rings. The number of anilines is 2. The minimum Gasteiger partial charge on any atom is -0.542 e. The van der Waals surface area contributed by atoms with Crippen LogP contribution in [0.3, 0.4) is 0 Å². The average molecular weight is 579 g/mol. The number of rotatable bonds is 7. The van der Waals surface area contributed by atoms with Crippen LogP contribution in [0, 0.1) is 0 Å². The molecule has 0 aromatic heterocycles. The van der Waals surface area contributed by atoms with Gasteiger partial charge in [-0.15, -0.1) is 11.8 Å². The predicted molar refractivity (Wildman–Crippen MR) is 162 cm³/mol. The summed E-state index contributed by atoms with van der Waals surface area (Å²) in [6.07, 6.45) is 0. The van der Waals surface area contributed by atoms with Crippen LogP contribution >= 0.6 is 11.8 Å². The average Bonchev–Trinajstić information content (AvgIpc) is 2.74.